The molecule has 0 atom stereocenters. The number of thiocarbonyl (C=S) groups is 1. The van der Waals surface area contributed by atoms with Crippen LogP contribution in [0.15, 0.2) is 18.2 Å². The second-order valence-corrected chi connectivity index (χ2v) is 4.17. The lowest BCUT2D eigenvalue weighted by Crippen LogP contribution is -2.29. The smallest absolute Gasteiger partial charge is 0.294 e. The Morgan fingerprint density at radius 3 is 2.89 bits per heavy atom. The van der Waals surface area contributed by atoms with Crippen LogP contribution >= 0.6 is 12.2 Å². The van der Waals surface area contributed by atoms with Crippen LogP contribution in [0.25, 0.3) is 0 Å². The second kappa shape index (κ2) is 6.75. The number of nitrogens with zero attached hydrogens (tertiary/aromatic N) is 1. The minimum absolute atomic E-state index is 0.128. The molecule has 0 aromatic heterocycles. The molecule has 6 nitrogen and oxygen atoms in total. The predicted octanol–water partition coefficient (Wildman–Crippen LogP) is 2.26. The minimum atomic E-state index is -0.520. The van der Waals surface area contributed by atoms with Crippen molar-refractivity contribution in [2.75, 3.05) is 17.6 Å². The highest BCUT2D eigenvalue weighted by molar-refractivity contribution is 7.80. The van der Waals surface area contributed by atoms with E-state index in [4.69, 9.17) is 18.0 Å². The van der Waals surface area contributed by atoms with Crippen molar-refractivity contribution in [1.82, 2.24) is 5.32 Å². The number of anilines is 2. The highest BCUT2D eigenvalue weighted by atomic mass is 32.1. The lowest BCUT2D eigenvalue weighted by Gasteiger charge is -2.10. The number of benzene rings is 1. The molecule has 0 saturated carbocycles. The molecule has 0 unspecified atom stereocenters. The Kier molecular flexibility index (Phi) is 5.31. The quantitative estimate of drug-likeness (QED) is 0.249. The number of unbranched alkanes of at least 4 members (excludes halogenated alkanes) is 1. The molecule has 0 spiro atoms. The number of hydrogen-bond acceptors (Lipinski definition) is 4. The van der Waals surface area contributed by atoms with Crippen molar-refractivity contribution in [2.24, 2.45) is 0 Å². The molecule has 0 saturated heterocycles. The third kappa shape index (κ3) is 4.17. The van der Waals surface area contributed by atoms with E-state index in [2.05, 4.69) is 17.6 Å². The Morgan fingerprint density at radius 2 is 2.28 bits per heavy atom. The average molecular weight is 268 g/mol. The zero-order chi connectivity index (χ0) is 13.5. The van der Waals surface area contributed by atoms with E-state index in [-0.39, 0.29) is 11.4 Å². The fourth-order valence-electron chi connectivity index (χ4n) is 1.33. The Balaban J connectivity index is 2.65. The number of nitro benzene ring substituents is 1. The number of nitrogens with one attached hydrogen (secondary N) is 2. The summed E-state index contributed by atoms with van der Waals surface area (Å²) in [4.78, 5) is 10.2. The van der Waals surface area contributed by atoms with E-state index in [9.17, 15) is 10.1 Å². The first kappa shape index (κ1) is 14.2. The summed E-state index contributed by atoms with van der Waals surface area (Å²) in [6.07, 6.45) is 2.09. The maximum Gasteiger partial charge on any atom is 0.294 e. The molecule has 4 N–H and O–H groups in total. The molecule has 0 amide bonds. The van der Waals surface area contributed by atoms with E-state index >= 15 is 0 Å². The van der Waals surface area contributed by atoms with E-state index < -0.39 is 4.92 Å². The summed E-state index contributed by atoms with van der Waals surface area (Å²) < 4.78 is 0. The molecule has 0 fully saturated rings. The van der Waals surface area contributed by atoms with Crippen LogP contribution in [0.1, 0.15) is 19.8 Å². The Labute approximate surface area is 111 Å². The summed E-state index contributed by atoms with van der Waals surface area (Å²) in [5.74, 6) is 0. The first-order chi connectivity index (χ1) is 8.54. The van der Waals surface area contributed by atoms with Crippen LogP contribution in [0.4, 0.5) is 17.1 Å². The van der Waals surface area contributed by atoms with Gasteiger partial charge in [-0.05, 0) is 30.8 Å². The van der Waals surface area contributed by atoms with Crippen LogP contribution in [0.2, 0.25) is 0 Å². The Hall–Kier alpha value is -1.89. The number of nitrogens with two attached hydrogens (primary N) is 1. The largest absolute Gasteiger partial charge is 0.393 e. The highest BCUT2D eigenvalue weighted by Crippen LogP contribution is 2.24. The van der Waals surface area contributed by atoms with E-state index in [1.807, 2.05) is 0 Å². The van der Waals surface area contributed by atoms with Gasteiger partial charge in [0.2, 0.25) is 0 Å². The maximum atomic E-state index is 10.7. The molecule has 0 aliphatic heterocycles. The number of nitro groups is 1. The fourth-order valence-corrected chi connectivity index (χ4v) is 1.55. The molecule has 7 heteroatoms. The second-order valence-electron chi connectivity index (χ2n) is 3.77. The standard InChI is InChI=1S/C11H16N4O2S/c1-2-3-6-13-11(18)14-8-4-5-9(12)10(7-8)15(16)17/h4-5,7H,2-3,6,12H2,1H3,(H2,13,14,18). The van der Waals surface area contributed by atoms with Crippen molar-refractivity contribution in [1.29, 1.82) is 0 Å². The summed E-state index contributed by atoms with van der Waals surface area (Å²) in [5.41, 5.74) is 6.05. The van der Waals surface area contributed by atoms with Gasteiger partial charge in [0.15, 0.2) is 5.11 Å². The molecule has 0 heterocycles. The van der Waals surface area contributed by atoms with Crippen molar-refractivity contribution in [3.05, 3.63) is 28.3 Å². The van der Waals surface area contributed by atoms with Gasteiger partial charge in [-0.1, -0.05) is 13.3 Å². The van der Waals surface area contributed by atoms with Gasteiger partial charge in [-0.25, -0.2) is 0 Å². The van der Waals surface area contributed by atoms with Crippen LogP contribution in [-0.4, -0.2) is 16.6 Å². The SMILES string of the molecule is CCCCNC(=S)Nc1ccc(N)c([N+](=O)[O-])c1. The van der Waals surface area contributed by atoms with E-state index in [0.29, 0.717) is 10.8 Å². The van der Waals surface area contributed by atoms with Crippen molar-refractivity contribution < 1.29 is 4.92 Å². The van der Waals surface area contributed by atoms with E-state index in [0.717, 1.165) is 19.4 Å². The average Bonchev–Trinajstić information content (AvgIpc) is 2.31. The number of rotatable bonds is 5. The number of hydrogen-bond donors (Lipinski definition) is 3. The van der Waals surface area contributed by atoms with Crippen LogP contribution in [-0.2, 0) is 0 Å². The molecule has 18 heavy (non-hydrogen) atoms. The molecule has 1 aromatic rings. The molecular formula is C11H16N4O2S. The summed E-state index contributed by atoms with van der Waals surface area (Å²) >= 11 is 5.07. The lowest BCUT2D eigenvalue weighted by atomic mass is 10.2. The van der Waals surface area contributed by atoms with Gasteiger partial charge in [-0.2, -0.15) is 0 Å². The first-order valence-corrected chi connectivity index (χ1v) is 6.04. The van der Waals surface area contributed by atoms with Crippen LogP contribution in [0.3, 0.4) is 0 Å². The van der Waals surface area contributed by atoms with Gasteiger partial charge in [-0.3, -0.25) is 10.1 Å². The van der Waals surface area contributed by atoms with Gasteiger partial charge in [0.1, 0.15) is 5.69 Å². The third-order valence-electron chi connectivity index (χ3n) is 2.30. The number of nitrogen functional groups attached to an aromatic ring is 1. The van der Waals surface area contributed by atoms with Crippen molar-refractivity contribution in [2.45, 2.75) is 19.8 Å². The fraction of sp³-hybridized carbons (Fsp3) is 0.364. The van der Waals surface area contributed by atoms with Gasteiger partial charge < -0.3 is 16.4 Å². The van der Waals surface area contributed by atoms with E-state index in [1.54, 1.807) is 6.07 Å². The first-order valence-electron chi connectivity index (χ1n) is 5.63. The predicted molar refractivity (Wildman–Crippen MR) is 76.6 cm³/mol. The van der Waals surface area contributed by atoms with Crippen LogP contribution in [0, 0.1) is 10.1 Å². The van der Waals surface area contributed by atoms with Crippen molar-refractivity contribution in [3.63, 3.8) is 0 Å². The van der Waals surface area contributed by atoms with Gasteiger partial charge in [0.25, 0.3) is 5.69 Å². The van der Waals surface area contributed by atoms with Crippen LogP contribution in [0.5, 0.6) is 0 Å². The molecule has 1 aromatic carbocycles. The molecule has 0 radical (unpaired) electrons. The Morgan fingerprint density at radius 1 is 1.56 bits per heavy atom. The van der Waals surface area contributed by atoms with Crippen molar-refractivity contribution >= 4 is 34.4 Å². The normalized spacial score (nSPS) is 9.83. The van der Waals surface area contributed by atoms with Gasteiger partial charge in [0.05, 0.1) is 4.92 Å². The van der Waals surface area contributed by atoms with Gasteiger partial charge in [0, 0.05) is 18.3 Å². The van der Waals surface area contributed by atoms with Gasteiger partial charge >= 0.3 is 0 Å². The summed E-state index contributed by atoms with van der Waals surface area (Å²) in [6, 6.07) is 4.49. The molecule has 1 rings (SSSR count). The molecule has 0 bridgehead atoms. The topological polar surface area (TPSA) is 93.2 Å². The van der Waals surface area contributed by atoms with Crippen molar-refractivity contribution in [3.8, 4) is 0 Å². The third-order valence-corrected chi connectivity index (χ3v) is 2.55. The minimum Gasteiger partial charge on any atom is -0.393 e. The summed E-state index contributed by atoms with van der Waals surface area (Å²) in [7, 11) is 0. The Bertz CT molecular complexity index is 451. The zero-order valence-electron chi connectivity index (χ0n) is 10.1. The summed E-state index contributed by atoms with van der Waals surface area (Å²) in [5, 5.41) is 17.1. The monoisotopic (exact) mass is 268 g/mol. The maximum absolute atomic E-state index is 10.7. The van der Waals surface area contributed by atoms with Gasteiger partial charge in [-0.15, -0.1) is 0 Å². The molecular weight excluding hydrogens is 252 g/mol. The highest BCUT2D eigenvalue weighted by Gasteiger charge is 2.12. The summed E-state index contributed by atoms with van der Waals surface area (Å²) in [6.45, 7) is 2.86. The molecule has 0 aliphatic carbocycles. The van der Waals surface area contributed by atoms with E-state index in [1.165, 1.54) is 12.1 Å². The molecule has 0 aliphatic rings. The molecule has 98 valence electrons. The zero-order valence-corrected chi connectivity index (χ0v) is 10.9. The van der Waals surface area contributed by atoms with Crippen LogP contribution < -0.4 is 16.4 Å². The lowest BCUT2D eigenvalue weighted by molar-refractivity contribution is -0.383.